The van der Waals surface area contributed by atoms with Gasteiger partial charge in [0.15, 0.2) is 6.29 Å². The van der Waals surface area contributed by atoms with Crippen molar-refractivity contribution in [2.75, 3.05) is 26.2 Å². The lowest BCUT2D eigenvalue weighted by atomic mass is 10.0. The van der Waals surface area contributed by atoms with Crippen LogP contribution in [0.1, 0.15) is 103 Å². The molecule has 8 heteroatoms. The van der Waals surface area contributed by atoms with Crippen molar-refractivity contribution in [1.29, 1.82) is 0 Å². The zero-order valence-corrected chi connectivity index (χ0v) is 20.9. The molecule has 0 bridgehead atoms. The second kappa shape index (κ2) is 22.2. The molecule has 7 N–H and O–H groups in total. The van der Waals surface area contributed by atoms with Crippen LogP contribution in [-0.2, 0) is 0 Å². The van der Waals surface area contributed by atoms with Crippen molar-refractivity contribution in [3.05, 3.63) is 0 Å². The molecule has 0 heterocycles. The van der Waals surface area contributed by atoms with E-state index >= 15 is 0 Å². The Labute approximate surface area is 201 Å². The van der Waals surface area contributed by atoms with Gasteiger partial charge in [-0.2, -0.15) is 0 Å². The summed E-state index contributed by atoms with van der Waals surface area (Å²) in [6, 6.07) is 0. The van der Waals surface area contributed by atoms with Crippen LogP contribution < -0.4 is 0 Å². The average molecular weight is 480 g/mol. The fraction of sp³-hybridized carbons (Fsp3) is 1.00. The predicted molar refractivity (Wildman–Crippen MR) is 131 cm³/mol. The molecule has 0 aliphatic heterocycles. The van der Waals surface area contributed by atoms with Crippen LogP contribution in [0.3, 0.4) is 0 Å². The first-order chi connectivity index (χ1) is 15.8. The van der Waals surface area contributed by atoms with E-state index < -0.39 is 37.3 Å². The Morgan fingerprint density at radius 1 is 0.545 bits per heavy atom. The van der Waals surface area contributed by atoms with Crippen molar-refractivity contribution in [1.82, 2.24) is 4.90 Å². The largest absolute Gasteiger partial charge is 0.394 e. The summed E-state index contributed by atoms with van der Waals surface area (Å²) in [6.07, 6.45) is 10.2. The van der Waals surface area contributed by atoms with E-state index in [-0.39, 0.29) is 13.0 Å². The first-order valence-corrected chi connectivity index (χ1v) is 13.2. The van der Waals surface area contributed by atoms with Gasteiger partial charge in [0.05, 0.1) is 12.7 Å². The van der Waals surface area contributed by atoms with Gasteiger partial charge in [-0.3, -0.25) is 0 Å². The van der Waals surface area contributed by atoms with Crippen LogP contribution in [0, 0.1) is 0 Å². The minimum absolute atomic E-state index is 0.0293. The van der Waals surface area contributed by atoms with Gasteiger partial charge in [-0.1, -0.05) is 90.4 Å². The van der Waals surface area contributed by atoms with Gasteiger partial charge in [0.1, 0.15) is 18.3 Å². The van der Waals surface area contributed by atoms with Crippen LogP contribution in [0.5, 0.6) is 0 Å². The summed E-state index contributed by atoms with van der Waals surface area (Å²) in [4.78, 5) is 1.83. The molecule has 0 aromatic rings. The van der Waals surface area contributed by atoms with E-state index in [4.69, 9.17) is 15.3 Å². The molecule has 4 atom stereocenters. The van der Waals surface area contributed by atoms with Crippen LogP contribution in [0.15, 0.2) is 0 Å². The molecule has 8 nitrogen and oxygen atoms in total. The highest BCUT2D eigenvalue weighted by atomic mass is 16.5. The van der Waals surface area contributed by atoms with Crippen LogP contribution in [0.4, 0.5) is 0 Å². The molecule has 0 amide bonds. The Balaban J connectivity index is 3.98. The molecule has 33 heavy (non-hydrogen) atoms. The third-order valence-corrected chi connectivity index (χ3v) is 6.30. The van der Waals surface area contributed by atoms with E-state index in [1.54, 1.807) is 0 Å². The third-order valence-electron chi connectivity index (χ3n) is 6.30. The lowest BCUT2D eigenvalue weighted by Crippen LogP contribution is -2.50. The summed E-state index contributed by atoms with van der Waals surface area (Å²) in [5.41, 5.74) is 0. The molecule has 0 rings (SSSR count). The van der Waals surface area contributed by atoms with E-state index in [1.165, 1.54) is 70.6 Å². The minimum Gasteiger partial charge on any atom is -0.394 e. The number of hydrogen-bond acceptors (Lipinski definition) is 8. The maximum Gasteiger partial charge on any atom is 0.152 e. The Kier molecular flexibility index (Phi) is 21.9. The van der Waals surface area contributed by atoms with Crippen molar-refractivity contribution in [2.45, 2.75) is 134 Å². The molecule has 0 unspecified atom stereocenters. The molecule has 0 spiro atoms. The molecule has 0 saturated carbocycles. The summed E-state index contributed by atoms with van der Waals surface area (Å²) in [5, 5.41) is 66.6. The van der Waals surface area contributed by atoms with E-state index in [0.717, 1.165) is 19.3 Å². The minimum atomic E-state index is -1.66. The normalized spacial score (nSPS) is 15.8. The molecule has 0 aliphatic rings. The average Bonchev–Trinajstić information content (AvgIpc) is 2.80. The van der Waals surface area contributed by atoms with Crippen LogP contribution in [-0.4, -0.2) is 97.6 Å². The first-order valence-electron chi connectivity index (χ1n) is 13.2. The van der Waals surface area contributed by atoms with Gasteiger partial charge in [0.25, 0.3) is 0 Å². The van der Waals surface area contributed by atoms with Crippen LogP contribution >= 0.6 is 0 Å². The zero-order chi connectivity index (χ0) is 24.9. The fourth-order valence-electron chi connectivity index (χ4n) is 4.06. The standard InChI is InChI=1S/C25H53NO7/c1-2-3-4-5-6-7-8-9-10-11-12-13-14-15-17-26(18-16-23(30)31)19-21(28)24(32)25(33)22(29)20-27/h21-25,27-33H,2-20H2,1H3/t21-,22+,24+,25+/m0/s1. The predicted octanol–water partition coefficient (Wildman–Crippen LogP) is 1.91. The Hall–Kier alpha value is -0.320. The number of aliphatic hydroxyl groups excluding tert-OH is 6. The fourth-order valence-corrected chi connectivity index (χ4v) is 4.06. The van der Waals surface area contributed by atoms with Gasteiger partial charge in [-0.25, -0.2) is 0 Å². The molecule has 0 radical (unpaired) electrons. The van der Waals surface area contributed by atoms with Crippen molar-refractivity contribution >= 4 is 0 Å². The number of rotatable bonds is 24. The van der Waals surface area contributed by atoms with Crippen molar-refractivity contribution in [3.63, 3.8) is 0 Å². The van der Waals surface area contributed by atoms with E-state index in [0.29, 0.717) is 13.1 Å². The molecule has 0 aromatic heterocycles. The van der Waals surface area contributed by atoms with Crippen molar-refractivity contribution < 1.29 is 35.7 Å². The lowest BCUT2D eigenvalue weighted by molar-refractivity contribution is -0.120. The molecule has 0 fully saturated rings. The highest BCUT2D eigenvalue weighted by molar-refractivity contribution is 4.82. The monoisotopic (exact) mass is 479 g/mol. The highest BCUT2D eigenvalue weighted by Crippen LogP contribution is 2.14. The van der Waals surface area contributed by atoms with Crippen LogP contribution in [0.25, 0.3) is 0 Å². The number of hydrogen-bond donors (Lipinski definition) is 7. The third kappa shape index (κ3) is 18.7. The number of unbranched alkanes of at least 4 members (excludes halogenated alkanes) is 13. The van der Waals surface area contributed by atoms with Crippen molar-refractivity contribution in [3.8, 4) is 0 Å². The molecule has 200 valence electrons. The molecule has 0 saturated heterocycles. The topological polar surface area (TPSA) is 145 Å². The summed E-state index contributed by atoms with van der Waals surface area (Å²) in [5.74, 6) is 0. The van der Waals surface area contributed by atoms with Gasteiger partial charge in [-0.05, 0) is 13.0 Å². The maximum absolute atomic E-state index is 10.2. The SMILES string of the molecule is CCCCCCCCCCCCCCCCN(CCC(O)O)C[C@H](O)[C@@H](O)[C@H](O)[C@H](O)CO. The number of aliphatic hydroxyl groups is 7. The zero-order valence-electron chi connectivity index (χ0n) is 20.9. The highest BCUT2D eigenvalue weighted by Gasteiger charge is 2.31. The Bertz CT molecular complexity index is 414. The summed E-state index contributed by atoms with van der Waals surface area (Å²) >= 11 is 0. The quantitative estimate of drug-likeness (QED) is 0.0821. The maximum atomic E-state index is 10.2. The van der Waals surface area contributed by atoms with Gasteiger partial charge in [-0.15, -0.1) is 0 Å². The summed E-state index contributed by atoms with van der Waals surface area (Å²) < 4.78 is 0. The lowest BCUT2D eigenvalue weighted by Gasteiger charge is -2.30. The first kappa shape index (κ1) is 32.7. The Morgan fingerprint density at radius 3 is 1.39 bits per heavy atom. The van der Waals surface area contributed by atoms with Crippen LogP contribution in [0.2, 0.25) is 0 Å². The van der Waals surface area contributed by atoms with E-state index in [1.807, 2.05) is 4.90 Å². The molecule has 0 aliphatic carbocycles. The number of nitrogens with zero attached hydrogens (tertiary/aromatic N) is 1. The van der Waals surface area contributed by atoms with E-state index in [2.05, 4.69) is 6.92 Å². The summed E-state index contributed by atoms with van der Waals surface area (Å²) in [7, 11) is 0. The second-order valence-corrected chi connectivity index (χ2v) is 9.46. The Morgan fingerprint density at radius 2 is 0.970 bits per heavy atom. The van der Waals surface area contributed by atoms with Gasteiger partial charge in [0.2, 0.25) is 0 Å². The van der Waals surface area contributed by atoms with Crippen molar-refractivity contribution in [2.24, 2.45) is 0 Å². The van der Waals surface area contributed by atoms with E-state index in [9.17, 15) is 20.4 Å². The summed E-state index contributed by atoms with van der Waals surface area (Å²) in [6.45, 7) is 2.52. The second-order valence-electron chi connectivity index (χ2n) is 9.46. The van der Waals surface area contributed by atoms with Gasteiger partial charge >= 0.3 is 0 Å². The molecular weight excluding hydrogens is 426 g/mol. The van der Waals surface area contributed by atoms with Gasteiger partial charge in [0, 0.05) is 19.5 Å². The smallest absolute Gasteiger partial charge is 0.152 e. The molecule has 0 aromatic carbocycles. The molecular formula is C25H53NO7. The van der Waals surface area contributed by atoms with Gasteiger partial charge < -0.3 is 40.6 Å².